The molecule has 90 valence electrons. The fourth-order valence-electron chi connectivity index (χ4n) is 1.96. The number of aliphatic hydroxyl groups is 1. The summed E-state index contributed by atoms with van der Waals surface area (Å²) in [5, 5.41) is 23.7. The Balaban J connectivity index is 2.16. The molecule has 0 bridgehead atoms. The summed E-state index contributed by atoms with van der Waals surface area (Å²) in [6.07, 6.45) is 1.70. The summed E-state index contributed by atoms with van der Waals surface area (Å²) in [7, 11) is 1.83. The number of aliphatic hydroxyl groups excluding tert-OH is 1. The average Bonchev–Trinajstić information content (AvgIpc) is 2.58. The van der Waals surface area contributed by atoms with Gasteiger partial charge in [0.05, 0.1) is 11.8 Å². The molecule has 1 atom stereocenters. The molecule has 0 aliphatic rings. The van der Waals surface area contributed by atoms with E-state index in [0.29, 0.717) is 6.42 Å². The van der Waals surface area contributed by atoms with Crippen LogP contribution in [0.3, 0.4) is 0 Å². The van der Waals surface area contributed by atoms with E-state index in [1.165, 1.54) is 0 Å². The molecule has 1 heterocycles. The van der Waals surface area contributed by atoms with Crippen molar-refractivity contribution >= 4 is 0 Å². The van der Waals surface area contributed by atoms with Crippen LogP contribution in [0.5, 0.6) is 5.75 Å². The molecule has 1 aromatic carbocycles. The van der Waals surface area contributed by atoms with Gasteiger partial charge in [0.25, 0.3) is 0 Å². The number of nitrogens with zero attached hydrogens (tertiary/aromatic N) is 2. The van der Waals surface area contributed by atoms with E-state index in [9.17, 15) is 10.2 Å². The lowest BCUT2D eigenvalue weighted by molar-refractivity contribution is 0.177. The SMILES string of the molecule is Cc1nn(C)cc1C(O)Cc1cccc(O)c1. The minimum atomic E-state index is -0.592. The van der Waals surface area contributed by atoms with Gasteiger partial charge < -0.3 is 10.2 Å². The maximum absolute atomic E-state index is 10.1. The van der Waals surface area contributed by atoms with Crippen molar-refractivity contribution < 1.29 is 10.2 Å². The second-order valence-electron chi connectivity index (χ2n) is 4.23. The van der Waals surface area contributed by atoms with Gasteiger partial charge in [0.2, 0.25) is 0 Å². The second kappa shape index (κ2) is 4.59. The lowest BCUT2D eigenvalue weighted by Gasteiger charge is -2.09. The van der Waals surface area contributed by atoms with E-state index in [-0.39, 0.29) is 5.75 Å². The van der Waals surface area contributed by atoms with Crippen LogP contribution >= 0.6 is 0 Å². The molecule has 0 spiro atoms. The fraction of sp³-hybridized carbons (Fsp3) is 0.308. The number of phenols is 1. The van der Waals surface area contributed by atoms with E-state index >= 15 is 0 Å². The van der Waals surface area contributed by atoms with E-state index in [1.807, 2.05) is 26.2 Å². The summed E-state index contributed by atoms with van der Waals surface area (Å²) in [5.41, 5.74) is 2.57. The minimum Gasteiger partial charge on any atom is -0.508 e. The molecule has 17 heavy (non-hydrogen) atoms. The molecule has 4 nitrogen and oxygen atoms in total. The predicted molar refractivity (Wildman–Crippen MR) is 64.7 cm³/mol. The van der Waals surface area contributed by atoms with Crippen LogP contribution in [-0.4, -0.2) is 20.0 Å². The van der Waals surface area contributed by atoms with E-state index in [1.54, 1.807) is 22.9 Å². The van der Waals surface area contributed by atoms with Gasteiger partial charge in [-0.05, 0) is 24.6 Å². The number of benzene rings is 1. The lowest BCUT2D eigenvalue weighted by Crippen LogP contribution is -2.02. The van der Waals surface area contributed by atoms with Crippen molar-refractivity contribution in [2.45, 2.75) is 19.4 Å². The molecule has 0 aliphatic heterocycles. The third kappa shape index (κ3) is 2.65. The van der Waals surface area contributed by atoms with E-state index in [0.717, 1.165) is 16.8 Å². The van der Waals surface area contributed by atoms with Gasteiger partial charge >= 0.3 is 0 Å². The molecule has 1 aromatic heterocycles. The van der Waals surface area contributed by atoms with Crippen molar-refractivity contribution in [2.75, 3.05) is 0 Å². The molecule has 0 saturated heterocycles. The lowest BCUT2D eigenvalue weighted by atomic mass is 10.0. The maximum atomic E-state index is 10.1. The highest BCUT2D eigenvalue weighted by atomic mass is 16.3. The van der Waals surface area contributed by atoms with Crippen molar-refractivity contribution in [1.29, 1.82) is 0 Å². The predicted octanol–water partition coefficient (Wildman–Crippen LogP) is 1.71. The summed E-state index contributed by atoms with van der Waals surface area (Å²) in [6.45, 7) is 1.88. The average molecular weight is 232 g/mol. The Morgan fingerprint density at radius 1 is 1.41 bits per heavy atom. The van der Waals surface area contributed by atoms with Crippen LogP contribution in [0.25, 0.3) is 0 Å². The zero-order valence-corrected chi connectivity index (χ0v) is 9.96. The number of phenolic OH excluding ortho intramolecular Hbond substituents is 1. The van der Waals surface area contributed by atoms with Crippen molar-refractivity contribution in [3.63, 3.8) is 0 Å². The van der Waals surface area contributed by atoms with E-state index < -0.39 is 6.10 Å². The Labute approximate surface area is 100 Å². The number of rotatable bonds is 3. The van der Waals surface area contributed by atoms with Crippen molar-refractivity contribution in [2.24, 2.45) is 7.05 Å². The molecule has 2 N–H and O–H groups in total. The molecule has 1 unspecified atom stereocenters. The fourth-order valence-corrected chi connectivity index (χ4v) is 1.96. The Kier molecular flexibility index (Phi) is 3.15. The first-order valence-electron chi connectivity index (χ1n) is 5.52. The summed E-state index contributed by atoms with van der Waals surface area (Å²) >= 11 is 0. The van der Waals surface area contributed by atoms with Crippen LogP contribution in [0.2, 0.25) is 0 Å². The van der Waals surface area contributed by atoms with Gasteiger partial charge in [-0.25, -0.2) is 0 Å². The van der Waals surface area contributed by atoms with Gasteiger partial charge in [0.1, 0.15) is 5.75 Å². The molecule has 4 heteroatoms. The summed E-state index contributed by atoms with van der Waals surface area (Å²) < 4.78 is 1.69. The zero-order chi connectivity index (χ0) is 12.4. The monoisotopic (exact) mass is 232 g/mol. The maximum Gasteiger partial charge on any atom is 0.115 e. The minimum absolute atomic E-state index is 0.220. The first kappa shape index (κ1) is 11.7. The first-order chi connectivity index (χ1) is 8.06. The van der Waals surface area contributed by atoms with Gasteiger partial charge in [0.15, 0.2) is 0 Å². The summed E-state index contributed by atoms with van der Waals surface area (Å²) in [6, 6.07) is 6.93. The highest BCUT2D eigenvalue weighted by molar-refractivity contribution is 5.29. The topological polar surface area (TPSA) is 58.3 Å². The van der Waals surface area contributed by atoms with E-state index in [4.69, 9.17) is 0 Å². The first-order valence-corrected chi connectivity index (χ1v) is 5.52. The van der Waals surface area contributed by atoms with Gasteiger partial charge in [-0.3, -0.25) is 4.68 Å². The highest BCUT2D eigenvalue weighted by Gasteiger charge is 2.14. The Morgan fingerprint density at radius 2 is 2.18 bits per heavy atom. The molecule has 0 aliphatic carbocycles. The van der Waals surface area contributed by atoms with Crippen LogP contribution in [0.1, 0.15) is 22.9 Å². The van der Waals surface area contributed by atoms with Gasteiger partial charge in [-0.2, -0.15) is 5.10 Å². The van der Waals surface area contributed by atoms with Crippen molar-refractivity contribution in [1.82, 2.24) is 9.78 Å². The van der Waals surface area contributed by atoms with Crippen LogP contribution in [0, 0.1) is 6.92 Å². The van der Waals surface area contributed by atoms with Gasteiger partial charge in [0, 0.05) is 25.2 Å². The Morgan fingerprint density at radius 3 is 2.76 bits per heavy atom. The third-order valence-electron chi connectivity index (χ3n) is 2.75. The molecular weight excluding hydrogens is 216 g/mol. The van der Waals surface area contributed by atoms with Crippen molar-refractivity contribution in [3.8, 4) is 5.75 Å². The number of aryl methyl sites for hydroxylation is 2. The number of aromatic nitrogens is 2. The molecule has 2 aromatic rings. The van der Waals surface area contributed by atoms with E-state index in [2.05, 4.69) is 5.10 Å². The normalized spacial score (nSPS) is 12.6. The zero-order valence-electron chi connectivity index (χ0n) is 9.96. The number of hydrogen-bond acceptors (Lipinski definition) is 3. The molecular formula is C13H16N2O2. The summed E-state index contributed by atoms with van der Waals surface area (Å²) in [4.78, 5) is 0. The van der Waals surface area contributed by atoms with Crippen LogP contribution in [0.4, 0.5) is 0 Å². The second-order valence-corrected chi connectivity index (χ2v) is 4.23. The molecule has 2 rings (SSSR count). The Bertz CT molecular complexity index is 520. The molecule has 0 saturated carbocycles. The largest absolute Gasteiger partial charge is 0.508 e. The van der Waals surface area contributed by atoms with Crippen molar-refractivity contribution in [3.05, 3.63) is 47.3 Å². The molecule has 0 amide bonds. The third-order valence-corrected chi connectivity index (χ3v) is 2.75. The van der Waals surface area contributed by atoms with Crippen LogP contribution < -0.4 is 0 Å². The smallest absolute Gasteiger partial charge is 0.115 e. The number of hydrogen-bond donors (Lipinski definition) is 2. The Hall–Kier alpha value is -1.81. The highest BCUT2D eigenvalue weighted by Crippen LogP contribution is 2.22. The standard InChI is InChI=1S/C13H16N2O2/c1-9-12(8-15(2)14-9)13(17)7-10-4-3-5-11(16)6-10/h3-6,8,13,16-17H,7H2,1-2H3. The van der Waals surface area contributed by atoms with Crippen LogP contribution in [-0.2, 0) is 13.5 Å². The molecule has 0 fully saturated rings. The quantitative estimate of drug-likeness (QED) is 0.847. The summed E-state index contributed by atoms with van der Waals surface area (Å²) in [5.74, 6) is 0.220. The van der Waals surface area contributed by atoms with Gasteiger partial charge in [-0.1, -0.05) is 12.1 Å². The molecule has 0 radical (unpaired) electrons. The number of aromatic hydroxyl groups is 1. The van der Waals surface area contributed by atoms with Crippen LogP contribution in [0.15, 0.2) is 30.5 Å². The van der Waals surface area contributed by atoms with Gasteiger partial charge in [-0.15, -0.1) is 0 Å².